The molecule has 8 aliphatic rings. The second-order valence-electron chi connectivity index (χ2n) is 22.6. The van der Waals surface area contributed by atoms with Gasteiger partial charge in [-0.05, 0) is 91.8 Å². The van der Waals surface area contributed by atoms with Gasteiger partial charge in [0.15, 0.2) is 24.8 Å². The Balaban J connectivity index is 1.05. The number of esters is 1. The largest absolute Gasteiger partial charge is 0.479 e. The van der Waals surface area contributed by atoms with Crippen LogP contribution in [0.25, 0.3) is 0 Å². The summed E-state index contributed by atoms with van der Waals surface area (Å²) >= 11 is 0. The summed E-state index contributed by atoms with van der Waals surface area (Å²) < 4.78 is 35.6. The smallest absolute Gasteiger partial charge is 0.335 e. The molecule has 6 fully saturated rings. The summed E-state index contributed by atoms with van der Waals surface area (Å²) in [5.74, 6) is -1.88. The van der Waals surface area contributed by atoms with Crippen molar-refractivity contribution < 1.29 is 84.0 Å². The minimum Gasteiger partial charge on any atom is -0.479 e. The molecule has 64 heavy (non-hydrogen) atoms. The quantitative estimate of drug-likeness (QED) is 0.0999. The zero-order valence-corrected chi connectivity index (χ0v) is 38.3. The number of rotatable bonds is 7. The molecule has 17 heteroatoms. The molecule has 0 bridgehead atoms. The van der Waals surface area contributed by atoms with Crippen LogP contribution in [0, 0.1) is 50.2 Å². The topological polar surface area (TPSA) is 272 Å². The fourth-order valence-electron chi connectivity index (χ4n) is 14.1. The van der Waals surface area contributed by atoms with Gasteiger partial charge in [-0.1, -0.05) is 72.3 Å². The first-order valence-corrected chi connectivity index (χ1v) is 23.3. The van der Waals surface area contributed by atoms with Crippen LogP contribution in [-0.2, 0) is 38.0 Å². The maximum Gasteiger partial charge on any atom is 0.335 e. The van der Waals surface area contributed by atoms with Gasteiger partial charge in [-0.15, -0.1) is 0 Å². The van der Waals surface area contributed by atoms with Crippen molar-refractivity contribution in [3.8, 4) is 0 Å². The number of ether oxygens (including phenoxy) is 6. The number of carboxylic acid groups (broad SMARTS) is 1. The van der Waals surface area contributed by atoms with Crippen molar-refractivity contribution in [2.24, 2.45) is 50.2 Å². The second-order valence-corrected chi connectivity index (χ2v) is 22.6. The van der Waals surface area contributed by atoms with Gasteiger partial charge >= 0.3 is 11.9 Å². The van der Waals surface area contributed by atoms with Crippen molar-refractivity contribution in [3.05, 3.63) is 23.8 Å². The predicted molar refractivity (Wildman–Crippen MR) is 223 cm³/mol. The van der Waals surface area contributed by atoms with Crippen LogP contribution in [0.2, 0.25) is 0 Å². The second kappa shape index (κ2) is 16.6. The third kappa shape index (κ3) is 7.37. The van der Waals surface area contributed by atoms with Crippen molar-refractivity contribution in [1.82, 2.24) is 0 Å². The molecule has 17 nitrogen and oxygen atoms in total. The molecule has 0 radical (unpaired) electrons. The summed E-state index contributed by atoms with van der Waals surface area (Å²) in [6.07, 6.45) is -9.64. The Morgan fingerprint density at radius 3 is 2.03 bits per heavy atom. The number of fused-ring (bicyclic) bond motifs is 7. The van der Waals surface area contributed by atoms with E-state index in [2.05, 4.69) is 60.6 Å². The van der Waals surface area contributed by atoms with E-state index in [0.717, 1.165) is 32.1 Å². The highest BCUT2D eigenvalue weighted by molar-refractivity contribution is 5.81. The average molecular weight is 909 g/mol. The molecule has 0 amide bonds. The van der Waals surface area contributed by atoms with Crippen LogP contribution >= 0.6 is 0 Å². The van der Waals surface area contributed by atoms with Crippen molar-refractivity contribution in [2.75, 3.05) is 6.61 Å². The van der Waals surface area contributed by atoms with Crippen molar-refractivity contribution in [2.45, 2.75) is 199 Å². The van der Waals surface area contributed by atoms with Gasteiger partial charge in [-0.3, -0.25) is 4.79 Å². The predicted octanol–water partition coefficient (Wildman–Crippen LogP) is 1.68. The lowest BCUT2D eigenvalue weighted by Crippen LogP contribution is -2.65. The Morgan fingerprint density at radius 1 is 0.703 bits per heavy atom. The number of aliphatic hydroxyl groups is 8. The van der Waals surface area contributed by atoms with Crippen LogP contribution < -0.4 is 0 Å². The van der Waals surface area contributed by atoms with Crippen LogP contribution in [-0.4, -0.2) is 157 Å². The first-order valence-electron chi connectivity index (χ1n) is 23.3. The van der Waals surface area contributed by atoms with E-state index in [-0.39, 0.29) is 40.6 Å². The molecule has 5 aliphatic carbocycles. The molecule has 362 valence electrons. The first kappa shape index (κ1) is 48.4. The average Bonchev–Trinajstić information content (AvgIpc) is 3.22. The molecule has 22 atom stereocenters. The molecular formula is C47H72O17. The summed E-state index contributed by atoms with van der Waals surface area (Å²) in [6, 6.07) is 0. The van der Waals surface area contributed by atoms with Crippen LogP contribution in [0.3, 0.4) is 0 Å². The van der Waals surface area contributed by atoms with Gasteiger partial charge < -0.3 is 74.4 Å². The minimum absolute atomic E-state index is 0.108. The standard InChI is InChI=1S/C47H72O17/c1-21-28(49)30(51)33(54)38(60-21)63-36-29(50)24(48)20-59-40(36)64-41(58)47-17-15-42(2,3)19-23(47)22-9-10-26-44(6)13-12-27(61-39-34(55)31(52)32(53)35(62-39)37(56)57)43(4,5)25(44)11-14-46(26,8)45(22,7)16-18-47/h9,16,18,21,23-36,38-40,48-55H,10-15,17,19-20H2,1-8H3,(H,56,57)/t21-,23?,24-,25?,26?,27+,28-,29?,30?,31?,32+,33?,34+,35?,36?,38-,39-,40-,44+,45?,46-,47+/m1/s1. The van der Waals surface area contributed by atoms with Gasteiger partial charge in [-0.25, -0.2) is 4.79 Å². The third-order valence-electron chi connectivity index (χ3n) is 18.3. The van der Waals surface area contributed by atoms with Crippen molar-refractivity contribution in [1.29, 1.82) is 0 Å². The van der Waals surface area contributed by atoms with Gasteiger partial charge in [-0.2, -0.15) is 0 Å². The Bertz CT molecular complexity index is 1850. The molecule has 0 aromatic heterocycles. The van der Waals surface area contributed by atoms with E-state index in [1.807, 2.05) is 6.08 Å². The highest BCUT2D eigenvalue weighted by atomic mass is 16.8. The number of allylic oxidation sites excluding steroid dienone is 3. The number of aliphatic hydroxyl groups excluding tert-OH is 8. The van der Waals surface area contributed by atoms with Crippen molar-refractivity contribution >= 4 is 11.9 Å². The molecule has 3 heterocycles. The molecule has 8 rings (SSSR count). The van der Waals surface area contributed by atoms with E-state index in [0.29, 0.717) is 19.3 Å². The monoisotopic (exact) mass is 908 g/mol. The fourth-order valence-corrected chi connectivity index (χ4v) is 14.1. The molecule has 0 spiro atoms. The Hall–Kier alpha value is -2.10. The first-order chi connectivity index (χ1) is 29.7. The highest BCUT2D eigenvalue weighted by Gasteiger charge is 2.69. The number of aliphatic carboxylic acids is 1. The molecule has 9 N–H and O–H groups in total. The minimum atomic E-state index is -1.81. The summed E-state index contributed by atoms with van der Waals surface area (Å²) in [5, 5.41) is 94.5. The number of hydrogen-bond acceptors (Lipinski definition) is 16. The number of carboxylic acids is 1. The fraction of sp³-hybridized carbons (Fsp3) is 0.872. The van der Waals surface area contributed by atoms with E-state index >= 15 is 0 Å². The van der Waals surface area contributed by atoms with Gasteiger partial charge in [0.05, 0.1) is 24.2 Å². The number of hydrogen-bond donors (Lipinski definition) is 9. The zero-order valence-electron chi connectivity index (χ0n) is 38.3. The summed E-state index contributed by atoms with van der Waals surface area (Å²) in [6.45, 7) is 16.9. The third-order valence-corrected chi connectivity index (χ3v) is 18.3. The summed E-state index contributed by atoms with van der Waals surface area (Å²) in [4.78, 5) is 26.8. The molecule has 0 aromatic carbocycles. The maximum atomic E-state index is 15.0. The lowest BCUT2D eigenvalue weighted by molar-refractivity contribution is -0.350. The van der Waals surface area contributed by atoms with Gasteiger partial charge in [0.1, 0.15) is 48.8 Å². The summed E-state index contributed by atoms with van der Waals surface area (Å²) in [7, 11) is 0. The van der Waals surface area contributed by atoms with E-state index < -0.39 is 120 Å². The van der Waals surface area contributed by atoms with Crippen LogP contribution in [0.15, 0.2) is 23.8 Å². The normalized spacial score (nSPS) is 53.1. The van der Waals surface area contributed by atoms with Crippen molar-refractivity contribution in [3.63, 3.8) is 0 Å². The van der Waals surface area contributed by atoms with Crippen LogP contribution in [0.5, 0.6) is 0 Å². The summed E-state index contributed by atoms with van der Waals surface area (Å²) in [5.41, 5.74) is -1.31. The molecule has 3 saturated carbocycles. The highest BCUT2D eigenvalue weighted by Crippen LogP contribution is 2.74. The maximum absolute atomic E-state index is 15.0. The molecular weight excluding hydrogens is 836 g/mol. The number of carbonyl (C=O) groups excluding carboxylic acids is 1. The molecule has 3 saturated heterocycles. The van der Waals surface area contributed by atoms with Crippen LogP contribution in [0.4, 0.5) is 0 Å². The molecule has 10 unspecified atom stereocenters. The van der Waals surface area contributed by atoms with E-state index in [9.17, 15) is 55.5 Å². The van der Waals surface area contributed by atoms with Gasteiger partial charge in [0, 0.05) is 11.3 Å². The SMILES string of the molecule is C[C@H]1O[C@H](OC2C(O)[C@H](O)CO[C@@H]2OC(=O)[C@@]23C=CC4(C)C(=CCC5[C@@]6(C)CC[C@H](O[C@@H]7OC(C(=O)O)[C@@H](O)C(O)[C@@H]7O)C(C)(C)C6CC[C@]54C)C2CC(C)(C)CC3)C(O)C(O)[C@@H]1O. The molecule has 3 aliphatic heterocycles. The lowest BCUT2D eigenvalue weighted by atomic mass is 9.34. The van der Waals surface area contributed by atoms with Crippen LogP contribution in [0.1, 0.15) is 107 Å². The number of carbonyl (C=O) groups is 2. The van der Waals surface area contributed by atoms with E-state index in [4.69, 9.17) is 28.4 Å². The Morgan fingerprint density at radius 2 is 1.36 bits per heavy atom. The van der Waals surface area contributed by atoms with E-state index in [1.54, 1.807) is 0 Å². The Labute approximate surface area is 374 Å². The zero-order chi connectivity index (χ0) is 46.9. The van der Waals surface area contributed by atoms with E-state index in [1.165, 1.54) is 12.5 Å². The molecule has 0 aromatic rings. The Kier molecular flexibility index (Phi) is 12.5. The van der Waals surface area contributed by atoms with Gasteiger partial charge in [0.2, 0.25) is 6.29 Å². The van der Waals surface area contributed by atoms with Gasteiger partial charge in [0.25, 0.3) is 0 Å². The lowest BCUT2D eigenvalue weighted by Gasteiger charge is -2.70.